The first-order valence-electron chi connectivity index (χ1n) is 3.70. The van der Waals surface area contributed by atoms with Gasteiger partial charge in [-0.1, -0.05) is 6.92 Å². The van der Waals surface area contributed by atoms with Crippen LogP contribution in [0.4, 0.5) is 4.79 Å². The molecule has 4 heteroatoms. The van der Waals surface area contributed by atoms with E-state index in [1.165, 1.54) is 0 Å². The van der Waals surface area contributed by atoms with Crippen LogP contribution in [0.15, 0.2) is 0 Å². The summed E-state index contributed by atoms with van der Waals surface area (Å²) < 4.78 is 9.35. The molecule has 0 aliphatic carbocycles. The molecule has 0 fully saturated rings. The second kappa shape index (κ2) is 7.34. The standard InChI is InChI=1S/C7H14O4/c1-2-4-10-5-3-6-11-7(8)9/h2-6H2,1H3,(H,8,9). The summed E-state index contributed by atoms with van der Waals surface area (Å²) in [5, 5.41) is 8.05. The topological polar surface area (TPSA) is 55.8 Å². The van der Waals surface area contributed by atoms with Crippen molar-refractivity contribution < 1.29 is 19.4 Å². The van der Waals surface area contributed by atoms with Crippen LogP contribution in [0, 0.1) is 0 Å². The largest absolute Gasteiger partial charge is 0.505 e. The van der Waals surface area contributed by atoms with Crippen LogP contribution in [-0.2, 0) is 9.47 Å². The molecular formula is C7H14O4. The van der Waals surface area contributed by atoms with Gasteiger partial charge in [0, 0.05) is 19.6 Å². The molecule has 66 valence electrons. The molecule has 0 rings (SSSR count). The molecule has 0 aromatic heterocycles. The zero-order chi connectivity index (χ0) is 8.53. The summed E-state index contributed by atoms with van der Waals surface area (Å²) in [6.07, 6.45) is 0.395. The van der Waals surface area contributed by atoms with Crippen molar-refractivity contribution in [2.75, 3.05) is 19.8 Å². The van der Waals surface area contributed by atoms with Crippen LogP contribution in [-0.4, -0.2) is 31.1 Å². The Kier molecular flexibility index (Phi) is 6.82. The molecular weight excluding hydrogens is 148 g/mol. The molecule has 11 heavy (non-hydrogen) atoms. The van der Waals surface area contributed by atoms with E-state index in [2.05, 4.69) is 4.74 Å². The van der Waals surface area contributed by atoms with E-state index in [0.29, 0.717) is 13.0 Å². The molecule has 0 aliphatic rings. The fraction of sp³-hybridized carbons (Fsp3) is 0.857. The summed E-state index contributed by atoms with van der Waals surface area (Å²) in [6, 6.07) is 0. The first-order chi connectivity index (χ1) is 5.27. The molecule has 0 aliphatic heterocycles. The van der Waals surface area contributed by atoms with E-state index in [1.54, 1.807) is 0 Å². The van der Waals surface area contributed by atoms with Gasteiger partial charge in [0.25, 0.3) is 0 Å². The van der Waals surface area contributed by atoms with E-state index in [9.17, 15) is 4.79 Å². The third-order valence-electron chi connectivity index (χ3n) is 1.01. The molecule has 1 N–H and O–H groups in total. The predicted octanol–water partition coefficient (Wildman–Crippen LogP) is 1.50. The molecule has 0 spiro atoms. The average molecular weight is 162 g/mol. The summed E-state index contributed by atoms with van der Waals surface area (Å²) in [6.45, 7) is 3.54. The third-order valence-corrected chi connectivity index (χ3v) is 1.01. The maximum Gasteiger partial charge on any atom is 0.505 e. The Labute approximate surface area is 66.1 Å². The van der Waals surface area contributed by atoms with Crippen LogP contribution in [0.25, 0.3) is 0 Å². The van der Waals surface area contributed by atoms with E-state index in [-0.39, 0.29) is 6.61 Å². The number of rotatable bonds is 6. The number of carboxylic acid groups (broad SMARTS) is 1. The minimum Gasteiger partial charge on any atom is -0.450 e. The van der Waals surface area contributed by atoms with Gasteiger partial charge in [0.1, 0.15) is 0 Å². The van der Waals surface area contributed by atoms with E-state index in [4.69, 9.17) is 9.84 Å². The quantitative estimate of drug-likeness (QED) is 0.475. The van der Waals surface area contributed by atoms with Crippen molar-refractivity contribution in [1.82, 2.24) is 0 Å². The number of carbonyl (C=O) groups is 1. The summed E-state index contributed by atoms with van der Waals surface area (Å²) in [4.78, 5) is 9.83. The monoisotopic (exact) mass is 162 g/mol. The Morgan fingerprint density at radius 3 is 2.64 bits per heavy atom. The molecule has 0 radical (unpaired) electrons. The first kappa shape index (κ1) is 10.2. The first-order valence-corrected chi connectivity index (χ1v) is 3.70. The van der Waals surface area contributed by atoms with Crippen molar-refractivity contribution in [2.45, 2.75) is 19.8 Å². The zero-order valence-electron chi connectivity index (χ0n) is 6.71. The molecule has 0 saturated heterocycles. The molecule has 0 aromatic carbocycles. The highest BCUT2D eigenvalue weighted by atomic mass is 16.7. The van der Waals surface area contributed by atoms with Crippen molar-refractivity contribution in [2.24, 2.45) is 0 Å². The maximum absolute atomic E-state index is 9.83. The third kappa shape index (κ3) is 9.23. The second-order valence-corrected chi connectivity index (χ2v) is 2.08. The van der Waals surface area contributed by atoms with Crippen LogP contribution in [0.5, 0.6) is 0 Å². The number of ether oxygens (including phenoxy) is 2. The van der Waals surface area contributed by atoms with Crippen molar-refractivity contribution in [3.63, 3.8) is 0 Å². The molecule has 0 unspecified atom stereocenters. The number of hydrogen-bond donors (Lipinski definition) is 1. The minimum atomic E-state index is -1.22. The molecule has 0 saturated carbocycles. The van der Waals surface area contributed by atoms with Crippen molar-refractivity contribution in [1.29, 1.82) is 0 Å². The van der Waals surface area contributed by atoms with Crippen molar-refractivity contribution >= 4 is 6.16 Å². The predicted molar refractivity (Wildman–Crippen MR) is 39.7 cm³/mol. The fourth-order valence-corrected chi connectivity index (χ4v) is 0.567. The van der Waals surface area contributed by atoms with Crippen LogP contribution in [0.1, 0.15) is 19.8 Å². The van der Waals surface area contributed by atoms with Gasteiger partial charge >= 0.3 is 6.16 Å². The van der Waals surface area contributed by atoms with E-state index < -0.39 is 6.16 Å². The van der Waals surface area contributed by atoms with Gasteiger partial charge in [-0.15, -0.1) is 0 Å². The SMILES string of the molecule is CCCOCCCOC(=O)O. The Morgan fingerprint density at radius 1 is 1.36 bits per heavy atom. The second-order valence-electron chi connectivity index (χ2n) is 2.08. The minimum absolute atomic E-state index is 0.221. The Hall–Kier alpha value is -0.770. The van der Waals surface area contributed by atoms with E-state index >= 15 is 0 Å². The van der Waals surface area contributed by atoms with Gasteiger partial charge in [0.05, 0.1) is 6.61 Å². The average Bonchev–Trinajstić information content (AvgIpc) is 1.96. The van der Waals surface area contributed by atoms with E-state index in [1.807, 2.05) is 6.92 Å². The van der Waals surface area contributed by atoms with Crippen molar-refractivity contribution in [3.8, 4) is 0 Å². The summed E-state index contributed by atoms with van der Waals surface area (Å²) in [5.74, 6) is 0. The Balaban J connectivity index is 2.85. The normalized spacial score (nSPS) is 9.55. The van der Waals surface area contributed by atoms with Crippen LogP contribution in [0.3, 0.4) is 0 Å². The molecule has 0 bridgehead atoms. The van der Waals surface area contributed by atoms with Crippen LogP contribution < -0.4 is 0 Å². The highest BCUT2D eigenvalue weighted by Gasteiger charge is 1.94. The summed E-state index contributed by atoms with van der Waals surface area (Å²) >= 11 is 0. The fourth-order valence-electron chi connectivity index (χ4n) is 0.567. The van der Waals surface area contributed by atoms with Gasteiger partial charge in [-0.25, -0.2) is 4.79 Å². The van der Waals surface area contributed by atoms with Gasteiger partial charge in [-0.05, 0) is 6.42 Å². The van der Waals surface area contributed by atoms with Gasteiger partial charge in [0.15, 0.2) is 0 Å². The Bertz CT molecular complexity index is 103. The zero-order valence-corrected chi connectivity index (χ0v) is 6.71. The Morgan fingerprint density at radius 2 is 2.09 bits per heavy atom. The maximum atomic E-state index is 9.83. The lowest BCUT2D eigenvalue weighted by Gasteiger charge is -2.01. The molecule has 0 heterocycles. The van der Waals surface area contributed by atoms with Gasteiger partial charge in [-0.3, -0.25) is 0 Å². The number of hydrogen-bond acceptors (Lipinski definition) is 3. The van der Waals surface area contributed by atoms with Gasteiger partial charge < -0.3 is 14.6 Å². The lowest BCUT2D eigenvalue weighted by atomic mass is 10.5. The lowest BCUT2D eigenvalue weighted by molar-refractivity contribution is 0.0726. The van der Waals surface area contributed by atoms with Gasteiger partial charge in [0.2, 0.25) is 0 Å². The van der Waals surface area contributed by atoms with Crippen LogP contribution in [0.2, 0.25) is 0 Å². The van der Waals surface area contributed by atoms with E-state index in [0.717, 1.165) is 13.0 Å². The smallest absolute Gasteiger partial charge is 0.450 e. The lowest BCUT2D eigenvalue weighted by Crippen LogP contribution is -2.05. The van der Waals surface area contributed by atoms with Crippen molar-refractivity contribution in [3.05, 3.63) is 0 Å². The van der Waals surface area contributed by atoms with Gasteiger partial charge in [-0.2, -0.15) is 0 Å². The highest BCUT2D eigenvalue weighted by Crippen LogP contribution is 1.87. The molecule has 0 aromatic rings. The molecule has 0 atom stereocenters. The highest BCUT2D eigenvalue weighted by molar-refractivity contribution is 5.56. The summed E-state index contributed by atoms with van der Waals surface area (Å²) in [5.41, 5.74) is 0. The molecule has 4 nitrogen and oxygen atoms in total. The molecule has 0 amide bonds. The summed E-state index contributed by atoms with van der Waals surface area (Å²) in [7, 11) is 0. The van der Waals surface area contributed by atoms with Crippen LogP contribution >= 0.6 is 0 Å².